The van der Waals surface area contributed by atoms with E-state index in [2.05, 4.69) is 34.9 Å². The molecule has 1 aliphatic rings. The second-order valence-corrected chi connectivity index (χ2v) is 9.15. The molecule has 2 aromatic rings. The number of carbonyl (C=O) groups excluding carboxylic acids is 1. The number of piperidine rings is 1. The Bertz CT molecular complexity index is 740. The summed E-state index contributed by atoms with van der Waals surface area (Å²) in [5.74, 6) is 0.192. The van der Waals surface area contributed by atoms with E-state index in [0.717, 1.165) is 47.6 Å². The molecule has 0 bridgehead atoms. The van der Waals surface area contributed by atoms with Gasteiger partial charge in [-0.3, -0.25) is 4.79 Å². The van der Waals surface area contributed by atoms with Crippen LogP contribution in [0.5, 0.6) is 0 Å². The van der Waals surface area contributed by atoms with E-state index in [4.69, 9.17) is 0 Å². The first-order valence-corrected chi connectivity index (χ1v) is 10.5. The van der Waals surface area contributed by atoms with Gasteiger partial charge in [-0.25, -0.2) is 9.97 Å². The maximum Gasteiger partial charge on any atom is 0.235 e. The van der Waals surface area contributed by atoms with Crippen molar-refractivity contribution in [2.24, 2.45) is 0 Å². The zero-order valence-electron chi connectivity index (χ0n) is 15.4. The third kappa shape index (κ3) is 4.15. The van der Waals surface area contributed by atoms with Crippen LogP contribution in [0.1, 0.15) is 31.6 Å². The monoisotopic (exact) mass is 378 g/mol. The predicted molar refractivity (Wildman–Crippen MR) is 105 cm³/mol. The minimum atomic E-state index is -0.146. The summed E-state index contributed by atoms with van der Waals surface area (Å²) in [5, 5.41) is 1.85. The van der Waals surface area contributed by atoms with Gasteiger partial charge in [0.05, 0.1) is 5.25 Å². The fourth-order valence-electron chi connectivity index (χ4n) is 3.22. The van der Waals surface area contributed by atoms with E-state index in [1.54, 1.807) is 29.4 Å². The van der Waals surface area contributed by atoms with Crippen molar-refractivity contribution in [1.29, 1.82) is 0 Å². The Morgan fingerprint density at radius 3 is 2.84 bits per heavy atom. The van der Waals surface area contributed by atoms with Gasteiger partial charge in [0.1, 0.15) is 16.2 Å². The molecule has 136 valence electrons. The van der Waals surface area contributed by atoms with Crippen molar-refractivity contribution in [3.8, 4) is 0 Å². The quantitative estimate of drug-likeness (QED) is 0.590. The number of rotatable bonds is 5. The van der Waals surface area contributed by atoms with Crippen molar-refractivity contribution >= 4 is 39.2 Å². The molecule has 1 amide bonds. The van der Waals surface area contributed by atoms with E-state index < -0.39 is 0 Å². The molecular weight excluding hydrogens is 352 g/mol. The molecule has 0 aliphatic carbocycles. The van der Waals surface area contributed by atoms with Crippen LogP contribution in [0.3, 0.4) is 0 Å². The zero-order chi connectivity index (χ0) is 18.0. The average molecular weight is 379 g/mol. The fourth-order valence-corrected chi connectivity index (χ4v) is 5.21. The number of hydrogen-bond acceptors (Lipinski definition) is 6. The predicted octanol–water partition coefficient (Wildman–Crippen LogP) is 3.29. The summed E-state index contributed by atoms with van der Waals surface area (Å²) < 4.78 is 0. The topological polar surface area (TPSA) is 49.3 Å². The Balaban J connectivity index is 1.70. The van der Waals surface area contributed by atoms with Crippen LogP contribution in [-0.4, -0.2) is 64.2 Å². The highest BCUT2D eigenvalue weighted by Gasteiger charge is 2.28. The minimum absolute atomic E-state index is 0.146. The van der Waals surface area contributed by atoms with Crippen molar-refractivity contribution in [3.63, 3.8) is 0 Å². The van der Waals surface area contributed by atoms with E-state index in [-0.39, 0.29) is 11.2 Å². The van der Waals surface area contributed by atoms with Crippen LogP contribution < -0.4 is 0 Å². The smallest absolute Gasteiger partial charge is 0.235 e. The summed E-state index contributed by atoms with van der Waals surface area (Å²) in [6.07, 6.45) is 4.72. The molecule has 3 heterocycles. The number of likely N-dealkylation sites (tertiary alicyclic amines) is 1. The lowest BCUT2D eigenvalue weighted by molar-refractivity contribution is -0.131. The number of thiophene rings is 1. The second-order valence-electron chi connectivity index (χ2n) is 6.71. The summed E-state index contributed by atoms with van der Waals surface area (Å²) in [4.78, 5) is 28.3. The Morgan fingerprint density at radius 2 is 2.16 bits per heavy atom. The lowest BCUT2D eigenvalue weighted by Gasteiger charge is -2.36. The molecule has 1 atom stereocenters. The van der Waals surface area contributed by atoms with Crippen LogP contribution in [0.2, 0.25) is 0 Å². The molecule has 0 aromatic carbocycles. The first kappa shape index (κ1) is 18.6. The van der Waals surface area contributed by atoms with Crippen molar-refractivity contribution in [2.75, 3.05) is 27.2 Å². The molecule has 0 saturated carbocycles. The van der Waals surface area contributed by atoms with Crippen LogP contribution in [-0.2, 0) is 11.2 Å². The van der Waals surface area contributed by atoms with E-state index >= 15 is 0 Å². The van der Waals surface area contributed by atoms with Crippen molar-refractivity contribution in [2.45, 2.75) is 49.4 Å². The van der Waals surface area contributed by atoms with Crippen molar-refractivity contribution < 1.29 is 4.79 Å². The van der Waals surface area contributed by atoms with Gasteiger partial charge in [0, 0.05) is 23.4 Å². The van der Waals surface area contributed by atoms with E-state index in [1.165, 1.54) is 4.88 Å². The van der Waals surface area contributed by atoms with Gasteiger partial charge in [-0.1, -0.05) is 18.7 Å². The van der Waals surface area contributed by atoms with Gasteiger partial charge < -0.3 is 9.80 Å². The normalized spacial score (nSPS) is 17.8. The van der Waals surface area contributed by atoms with Crippen molar-refractivity contribution in [1.82, 2.24) is 19.8 Å². The lowest BCUT2D eigenvalue weighted by atomic mass is 10.0. The summed E-state index contributed by atoms with van der Waals surface area (Å²) in [6.45, 7) is 6.25. The fraction of sp³-hybridized carbons (Fsp3) is 0.611. The van der Waals surface area contributed by atoms with Crippen LogP contribution in [0.15, 0.2) is 17.4 Å². The number of aryl methyl sites for hydroxylation is 1. The maximum atomic E-state index is 12.9. The highest BCUT2D eigenvalue weighted by molar-refractivity contribution is 8.00. The first-order chi connectivity index (χ1) is 12.0. The SMILES string of the molecule is CCc1cc2c(SC(C)C(=O)N(C)C3CCN(C)CC3)ncnc2s1. The highest BCUT2D eigenvalue weighted by Crippen LogP contribution is 2.33. The molecule has 5 nitrogen and oxygen atoms in total. The summed E-state index contributed by atoms with van der Waals surface area (Å²) >= 11 is 3.26. The third-order valence-corrected chi connectivity index (χ3v) is 7.20. The molecule has 25 heavy (non-hydrogen) atoms. The van der Waals surface area contributed by atoms with Gasteiger partial charge in [-0.2, -0.15) is 0 Å². The van der Waals surface area contributed by atoms with Gasteiger partial charge in [-0.15, -0.1) is 11.3 Å². The number of fused-ring (bicyclic) bond motifs is 1. The largest absolute Gasteiger partial charge is 0.342 e. The van der Waals surface area contributed by atoms with E-state index in [0.29, 0.717) is 6.04 Å². The number of hydrogen-bond donors (Lipinski definition) is 0. The Labute approximate surface area is 157 Å². The molecule has 1 aliphatic heterocycles. The lowest BCUT2D eigenvalue weighted by Crippen LogP contribution is -2.46. The maximum absolute atomic E-state index is 12.9. The highest BCUT2D eigenvalue weighted by atomic mass is 32.2. The molecule has 7 heteroatoms. The van der Waals surface area contributed by atoms with Gasteiger partial charge >= 0.3 is 0 Å². The summed E-state index contributed by atoms with van der Waals surface area (Å²) in [5.41, 5.74) is 0. The standard InChI is InChI=1S/C18H26N4OS2/c1-5-14-10-15-16(19-11-20-17(15)25-14)24-12(2)18(23)22(4)13-6-8-21(3)9-7-13/h10-13H,5-9H2,1-4H3. The Morgan fingerprint density at radius 1 is 1.44 bits per heavy atom. The molecule has 3 rings (SSSR count). The van der Waals surface area contributed by atoms with Crippen LogP contribution in [0.4, 0.5) is 0 Å². The molecule has 1 fully saturated rings. The zero-order valence-corrected chi connectivity index (χ0v) is 17.0. The molecule has 0 N–H and O–H groups in total. The van der Waals surface area contributed by atoms with Gasteiger partial charge in [0.2, 0.25) is 5.91 Å². The molecule has 0 spiro atoms. The third-order valence-electron chi connectivity index (χ3n) is 4.91. The van der Waals surface area contributed by atoms with Gasteiger partial charge in [0.15, 0.2) is 0 Å². The average Bonchev–Trinajstić information content (AvgIpc) is 3.05. The van der Waals surface area contributed by atoms with Gasteiger partial charge in [-0.05, 0) is 52.4 Å². The second kappa shape index (κ2) is 8.01. The number of aromatic nitrogens is 2. The number of carbonyl (C=O) groups is 1. The summed E-state index contributed by atoms with van der Waals surface area (Å²) in [6, 6.07) is 2.52. The van der Waals surface area contributed by atoms with Crippen LogP contribution in [0, 0.1) is 0 Å². The Kier molecular flexibility index (Phi) is 5.96. The van der Waals surface area contributed by atoms with E-state index in [9.17, 15) is 4.79 Å². The number of thioether (sulfide) groups is 1. The molecule has 2 aromatic heterocycles. The molecule has 1 saturated heterocycles. The van der Waals surface area contributed by atoms with Crippen LogP contribution in [0.25, 0.3) is 10.2 Å². The molecule has 1 unspecified atom stereocenters. The van der Waals surface area contributed by atoms with E-state index in [1.807, 2.05) is 18.9 Å². The number of amides is 1. The molecular formula is C18H26N4OS2. The molecule has 0 radical (unpaired) electrons. The minimum Gasteiger partial charge on any atom is -0.342 e. The Hall–Kier alpha value is -1.18. The summed E-state index contributed by atoms with van der Waals surface area (Å²) in [7, 11) is 4.09. The van der Waals surface area contributed by atoms with Crippen molar-refractivity contribution in [3.05, 3.63) is 17.3 Å². The van der Waals surface area contributed by atoms with Crippen LogP contribution >= 0.6 is 23.1 Å². The van der Waals surface area contributed by atoms with Gasteiger partial charge in [0.25, 0.3) is 0 Å². The number of nitrogens with zero attached hydrogens (tertiary/aromatic N) is 4. The first-order valence-electron chi connectivity index (χ1n) is 8.85.